The van der Waals surface area contributed by atoms with Gasteiger partial charge in [0.15, 0.2) is 12.8 Å². The van der Waals surface area contributed by atoms with E-state index in [1.165, 1.54) is 14.0 Å². The predicted octanol–water partition coefficient (Wildman–Crippen LogP) is 5.55. The second-order valence-electron chi connectivity index (χ2n) is 12.9. The molecule has 248 valence electrons. The Kier molecular flexibility index (Phi) is 14.5. The molecule has 12 heteroatoms. The SMILES string of the molecule is C[C@@H](OC(=O)[C@H](Cc1ccccc1)N(C)C(=O)OCc1ccccc1)[C@H](NC(=O)OC(C)(C)C)C(=O)OCOCC[Si](C)(C)C. The Morgan fingerprint density at radius 1 is 0.867 bits per heavy atom. The number of rotatable bonds is 15. The number of ether oxygens (including phenoxy) is 5. The fraction of sp³-hybridized carbons (Fsp3) is 0.515. The molecule has 2 rings (SSSR count). The first-order valence-corrected chi connectivity index (χ1v) is 18.7. The molecule has 3 atom stereocenters. The lowest BCUT2D eigenvalue weighted by molar-refractivity contribution is -0.167. The van der Waals surface area contributed by atoms with Crippen molar-refractivity contribution in [3.63, 3.8) is 0 Å². The van der Waals surface area contributed by atoms with E-state index in [2.05, 4.69) is 25.0 Å². The average molecular weight is 645 g/mol. The van der Waals surface area contributed by atoms with Crippen LogP contribution in [0.5, 0.6) is 0 Å². The molecule has 0 unspecified atom stereocenters. The van der Waals surface area contributed by atoms with Gasteiger partial charge in [-0.1, -0.05) is 80.3 Å². The van der Waals surface area contributed by atoms with E-state index in [1.54, 1.807) is 20.8 Å². The van der Waals surface area contributed by atoms with E-state index in [4.69, 9.17) is 23.7 Å². The van der Waals surface area contributed by atoms with E-state index in [9.17, 15) is 19.2 Å². The van der Waals surface area contributed by atoms with Gasteiger partial charge in [0.25, 0.3) is 0 Å². The van der Waals surface area contributed by atoms with Crippen LogP contribution in [0.1, 0.15) is 38.8 Å². The van der Waals surface area contributed by atoms with Crippen LogP contribution in [-0.4, -0.2) is 81.3 Å². The molecule has 0 saturated carbocycles. The molecular weight excluding hydrogens is 596 g/mol. The fourth-order valence-corrected chi connectivity index (χ4v) is 4.68. The van der Waals surface area contributed by atoms with Gasteiger partial charge in [0.05, 0.1) is 0 Å². The van der Waals surface area contributed by atoms with Crippen molar-refractivity contribution in [3.05, 3.63) is 71.8 Å². The first-order chi connectivity index (χ1) is 21.1. The lowest BCUT2D eigenvalue weighted by Crippen LogP contribution is -2.53. The van der Waals surface area contributed by atoms with Crippen molar-refractivity contribution >= 4 is 32.2 Å². The molecule has 2 amide bonds. The maximum Gasteiger partial charge on any atom is 0.410 e. The second-order valence-corrected chi connectivity index (χ2v) is 18.5. The minimum atomic E-state index is -1.42. The Balaban J connectivity index is 2.19. The number of carbonyl (C=O) groups excluding carboxylic acids is 4. The Morgan fingerprint density at radius 3 is 2.00 bits per heavy atom. The van der Waals surface area contributed by atoms with Crippen LogP contribution < -0.4 is 5.32 Å². The molecule has 0 aliphatic heterocycles. The molecule has 1 N–H and O–H groups in total. The zero-order valence-corrected chi connectivity index (χ0v) is 28.7. The average Bonchev–Trinajstić information content (AvgIpc) is 2.96. The summed E-state index contributed by atoms with van der Waals surface area (Å²) < 4.78 is 27.2. The second kappa shape index (κ2) is 17.5. The summed E-state index contributed by atoms with van der Waals surface area (Å²) in [5.74, 6) is -1.68. The van der Waals surface area contributed by atoms with E-state index >= 15 is 0 Å². The Morgan fingerprint density at radius 2 is 1.44 bits per heavy atom. The molecule has 0 saturated heterocycles. The third-order valence-electron chi connectivity index (χ3n) is 6.48. The number of esters is 2. The Bertz CT molecular complexity index is 1230. The quantitative estimate of drug-likeness (QED) is 0.0873. The lowest BCUT2D eigenvalue weighted by Gasteiger charge is -2.30. The number of likely N-dealkylation sites (N-methyl/N-ethyl adjacent to an activating group) is 1. The molecule has 0 aliphatic carbocycles. The number of benzene rings is 2. The van der Waals surface area contributed by atoms with Gasteiger partial charge in [-0.3, -0.25) is 4.90 Å². The van der Waals surface area contributed by atoms with Crippen molar-refractivity contribution in [2.45, 2.75) is 90.2 Å². The smallest absolute Gasteiger partial charge is 0.410 e. The van der Waals surface area contributed by atoms with Crippen LogP contribution in [0.15, 0.2) is 60.7 Å². The summed E-state index contributed by atoms with van der Waals surface area (Å²) >= 11 is 0. The topological polar surface area (TPSA) is 130 Å². The minimum Gasteiger partial charge on any atom is -0.458 e. The lowest BCUT2D eigenvalue weighted by atomic mass is 10.0. The molecule has 0 radical (unpaired) electrons. The fourth-order valence-electron chi connectivity index (χ4n) is 3.92. The van der Waals surface area contributed by atoms with Crippen molar-refractivity contribution in [2.24, 2.45) is 0 Å². The van der Waals surface area contributed by atoms with Crippen LogP contribution in [0.4, 0.5) is 9.59 Å². The summed E-state index contributed by atoms with van der Waals surface area (Å²) in [7, 11) is 0.0898. The van der Waals surface area contributed by atoms with Gasteiger partial charge < -0.3 is 29.0 Å². The normalized spacial score (nSPS) is 13.5. The van der Waals surface area contributed by atoms with Gasteiger partial charge in [-0.2, -0.15) is 0 Å². The number of hydrogen-bond donors (Lipinski definition) is 1. The third kappa shape index (κ3) is 14.6. The summed E-state index contributed by atoms with van der Waals surface area (Å²) in [6.45, 7) is 13.2. The van der Waals surface area contributed by atoms with E-state index in [1.807, 2.05) is 60.7 Å². The summed E-state index contributed by atoms with van der Waals surface area (Å²) in [4.78, 5) is 53.6. The molecule has 0 heterocycles. The molecule has 0 fully saturated rings. The van der Waals surface area contributed by atoms with Crippen molar-refractivity contribution in [1.29, 1.82) is 0 Å². The van der Waals surface area contributed by atoms with Crippen LogP contribution in [-0.2, 0) is 46.3 Å². The first-order valence-electron chi connectivity index (χ1n) is 15.0. The van der Waals surface area contributed by atoms with Crippen LogP contribution >= 0.6 is 0 Å². The van der Waals surface area contributed by atoms with Gasteiger partial charge in [0, 0.05) is 28.1 Å². The Labute approximate surface area is 267 Å². The molecular formula is C33H48N2O9Si. The molecule has 11 nitrogen and oxygen atoms in total. The Hall–Kier alpha value is -3.90. The van der Waals surface area contributed by atoms with E-state index in [0.717, 1.165) is 22.1 Å². The maximum atomic E-state index is 13.6. The van der Waals surface area contributed by atoms with E-state index in [-0.39, 0.29) is 19.8 Å². The molecule has 0 aliphatic rings. The predicted molar refractivity (Wildman–Crippen MR) is 172 cm³/mol. The maximum absolute atomic E-state index is 13.6. The molecule has 0 bridgehead atoms. The van der Waals surface area contributed by atoms with Gasteiger partial charge in [-0.15, -0.1) is 0 Å². The van der Waals surface area contributed by atoms with Crippen molar-refractivity contribution in [3.8, 4) is 0 Å². The van der Waals surface area contributed by atoms with Gasteiger partial charge >= 0.3 is 24.1 Å². The van der Waals surface area contributed by atoms with Crippen molar-refractivity contribution in [1.82, 2.24) is 10.2 Å². The zero-order chi connectivity index (χ0) is 33.6. The zero-order valence-electron chi connectivity index (χ0n) is 27.7. The summed E-state index contributed by atoms with van der Waals surface area (Å²) in [5.41, 5.74) is 0.712. The molecule has 2 aromatic rings. The summed E-state index contributed by atoms with van der Waals surface area (Å²) in [5, 5.41) is 2.46. The van der Waals surface area contributed by atoms with Crippen LogP contribution in [0.25, 0.3) is 0 Å². The van der Waals surface area contributed by atoms with Gasteiger partial charge in [0.2, 0.25) is 0 Å². The number of amides is 2. The van der Waals surface area contributed by atoms with Crippen LogP contribution in [0.3, 0.4) is 0 Å². The van der Waals surface area contributed by atoms with Crippen molar-refractivity contribution in [2.75, 3.05) is 20.4 Å². The van der Waals surface area contributed by atoms with Crippen LogP contribution in [0.2, 0.25) is 25.7 Å². The molecule has 2 aromatic carbocycles. The first kappa shape index (κ1) is 37.3. The number of nitrogens with one attached hydrogen (secondary N) is 1. The van der Waals surface area contributed by atoms with Gasteiger partial charge in [-0.05, 0) is 44.9 Å². The highest BCUT2D eigenvalue weighted by atomic mass is 28.3. The van der Waals surface area contributed by atoms with Gasteiger partial charge in [-0.25, -0.2) is 19.2 Å². The monoisotopic (exact) mass is 644 g/mol. The molecule has 45 heavy (non-hydrogen) atoms. The number of hydrogen-bond acceptors (Lipinski definition) is 9. The highest BCUT2D eigenvalue weighted by molar-refractivity contribution is 6.76. The number of nitrogens with zero attached hydrogens (tertiary/aromatic N) is 1. The third-order valence-corrected chi connectivity index (χ3v) is 8.19. The van der Waals surface area contributed by atoms with E-state index in [0.29, 0.717) is 6.61 Å². The molecule has 0 aromatic heterocycles. The summed E-state index contributed by atoms with van der Waals surface area (Å²) in [6.07, 6.45) is -2.72. The number of alkyl carbamates (subject to hydrolysis) is 1. The standard InChI is InChI=1S/C33H48N2O9Si/c1-24(28(34-31(38)44-33(2,3)4)30(37)42-23-40-19-20-45(6,7)8)43-29(36)27(21-25-15-11-9-12-16-25)35(5)32(39)41-22-26-17-13-10-14-18-26/h9-18,24,27-28H,19-23H2,1-8H3,(H,34,38)/t24-,27+,28+/m1/s1. The highest BCUT2D eigenvalue weighted by Gasteiger charge is 2.36. The summed E-state index contributed by atoms with van der Waals surface area (Å²) in [6, 6.07) is 16.6. The highest BCUT2D eigenvalue weighted by Crippen LogP contribution is 2.16. The van der Waals surface area contributed by atoms with Crippen LogP contribution in [0, 0.1) is 0 Å². The minimum absolute atomic E-state index is 0.0151. The van der Waals surface area contributed by atoms with Crippen molar-refractivity contribution < 1.29 is 42.9 Å². The molecule has 0 spiro atoms. The number of carbonyl (C=O) groups is 4. The van der Waals surface area contributed by atoms with E-state index < -0.39 is 56.0 Å². The van der Waals surface area contributed by atoms with Gasteiger partial charge in [0.1, 0.15) is 24.4 Å². The largest absolute Gasteiger partial charge is 0.458 e.